The first-order chi connectivity index (χ1) is 9.84. The zero-order valence-corrected chi connectivity index (χ0v) is 12.3. The molecule has 0 aliphatic carbocycles. The molecular weight excluding hydrogens is 264 g/mol. The van der Waals surface area contributed by atoms with Gasteiger partial charge in [-0.2, -0.15) is 0 Å². The van der Waals surface area contributed by atoms with Crippen molar-refractivity contribution in [2.24, 2.45) is 0 Å². The second-order valence-electron chi connectivity index (χ2n) is 5.94. The number of nitrogens with one attached hydrogen (secondary N) is 1. The molecule has 0 spiro atoms. The third kappa shape index (κ3) is 2.50. The molecule has 0 atom stereocenters. The first kappa shape index (κ1) is 13.6. The SMILES string of the molecule is Cc1cc2c(=O)[nH]c(-c3ccc(C(C)(C)O)cc3)cn2c1. The Morgan fingerprint density at radius 3 is 2.43 bits per heavy atom. The lowest BCUT2D eigenvalue weighted by Gasteiger charge is -2.17. The molecule has 0 bridgehead atoms. The topological polar surface area (TPSA) is 57.5 Å². The number of aryl methyl sites for hydroxylation is 1. The van der Waals surface area contributed by atoms with Crippen LogP contribution in [0.5, 0.6) is 0 Å². The van der Waals surface area contributed by atoms with Gasteiger partial charge in [0.05, 0.1) is 11.3 Å². The van der Waals surface area contributed by atoms with E-state index in [0.29, 0.717) is 5.52 Å². The third-order valence-electron chi connectivity index (χ3n) is 3.64. The van der Waals surface area contributed by atoms with Crippen molar-refractivity contribution in [2.45, 2.75) is 26.4 Å². The van der Waals surface area contributed by atoms with Crippen molar-refractivity contribution in [3.05, 3.63) is 64.2 Å². The Balaban J connectivity index is 2.10. The summed E-state index contributed by atoms with van der Waals surface area (Å²) in [6.07, 6.45) is 3.84. The Hall–Kier alpha value is -2.33. The Labute approximate surface area is 122 Å². The summed E-state index contributed by atoms with van der Waals surface area (Å²) in [5.41, 5.74) is 3.23. The van der Waals surface area contributed by atoms with Crippen LogP contribution >= 0.6 is 0 Å². The maximum Gasteiger partial charge on any atom is 0.272 e. The highest BCUT2D eigenvalue weighted by atomic mass is 16.3. The van der Waals surface area contributed by atoms with E-state index in [-0.39, 0.29) is 5.56 Å². The number of aromatic amines is 1. The van der Waals surface area contributed by atoms with Gasteiger partial charge in [0.15, 0.2) is 0 Å². The Morgan fingerprint density at radius 2 is 1.81 bits per heavy atom. The van der Waals surface area contributed by atoms with E-state index >= 15 is 0 Å². The van der Waals surface area contributed by atoms with Gasteiger partial charge in [0.2, 0.25) is 0 Å². The third-order valence-corrected chi connectivity index (χ3v) is 3.64. The molecule has 0 saturated carbocycles. The van der Waals surface area contributed by atoms with Crippen molar-refractivity contribution in [3.63, 3.8) is 0 Å². The lowest BCUT2D eigenvalue weighted by atomic mass is 9.97. The maximum absolute atomic E-state index is 12.1. The molecule has 0 saturated heterocycles. The second-order valence-corrected chi connectivity index (χ2v) is 5.94. The summed E-state index contributed by atoms with van der Waals surface area (Å²) in [6, 6.07) is 9.42. The van der Waals surface area contributed by atoms with E-state index in [4.69, 9.17) is 0 Å². The van der Waals surface area contributed by atoms with Crippen molar-refractivity contribution in [1.29, 1.82) is 0 Å². The monoisotopic (exact) mass is 282 g/mol. The highest BCUT2D eigenvalue weighted by Gasteiger charge is 2.15. The molecule has 0 aliphatic rings. The molecule has 3 aromatic rings. The predicted octanol–water partition coefficient (Wildman–Crippen LogP) is 2.83. The molecule has 21 heavy (non-hydrogen) atoms. The summed E-state index contributed by atoms with van der Waals surface area (Å²) in [6.45, 7) is 5.46. The first-order valence-corrected chi connectivity index (χ1v) is 6.89. The highest BCUT2D eigenvalue weighted by molar-refractivity contribution is 5.61. The smallest absolute Gasteiger partial charge is 0.272 e. The fraction of sp³-hybridized carbons (Fsp3) is 0.235. The molecule has 108 valence electrons. The van der Waals surface area contributed by atoms with Crippen LogP contribution in [-0.4, -0.2) is 14.5 Å². The minimum absolute atomic E-state index is 0.104. The number of H-pyrrole nitrogens is 1. The molecule has 0 aliphatic heterocycles. The first-order valence-electron chi connectivity index (χ1n) is 6.89. The number of rotatable bonds is 2. The highest BCUT2D eigenvalue weighted by Crippen LogP contribution is 2.23. The number of hydrogen-bond acceptors (Lipinski definition) is 2. The quantitative estimate of drug-likeness (QED) is 0.759. The summed E-state index contributed by atoms with van der Waals surface area (Å²) in [5.74, 6) is 0. The minimum atomic E-state index is -0.868. The molecule has 2 aromatic heterocycles. The van der Waals surface area contributed by atoms with Crippen LogP contribution in [0.4, 0.5) is 0 Å². The van der Waals surface area contributed by atoms with Crippen molar-refractivity contribution in [3.8, 4) is 11.3 Å². The van der Waals surface area contributed by atoms with E-state index in [0.717, 1.165) is 22.4 Å². The van der Waals surface area contributed by atoms with E-state index in [9.17, 15) is 9.90 Å². The summed E-state index contributed by atoms with van der Waals surface area (Å²) in [7, 11) is 0. The van der Waals surface area contributed by atoms with Crippen LogP contribution in [0.25, 0.3) is 16.8 Å². The molecule has 1 aromatic carbocycles. The Morgan fingerprint density at radius 1 is 1.14 bits per heavy atom. The fourth-order valence-electron chi connectivity index (χ4n) is 2.47. The maximum atomic E-state index is 12.1. The van der Waals surface area contributed by atoms with Gasteiger partial charge >= 0.3 is 0 Å². The van der Waals surface area contributed by atoms with E-state index in [2.05, 4.69) is 4.98 Å². The summed E-state index contributed by atoms with van der Waals surface area (Å²) >= 11 is 0. The summed E-state index contributed by atoms with van der Waals surface area (Å²) < 4.78 is 1.84. The molecule has 0 fully saturated rings. The molecule has 0 amide bonds. The van der Waals surface area contributed by atoms with Crippen LogP contribution < -0.4 is 5.56 Å². The van der Waals surface area contributed by atoms with Gasteiger partial charge in [-0.25, -0.2) is 0 Å². The fourth-order valence-corrected chi connectivity index (χ4v) is 2.47. The van der Waals surface area contributed by atoms with Crippen molar-refractivity contribution >= 4 is 5.52 Å². The standard InChI is InChI=1S/C17H18N2O2/c1-11-8-15-16(20)18-14(10-19(15)9-11)12-4-6-13(7-5-12)17(2,3)21/h4-10,21H,1-3H3,(H,18,20). The van der Waals surface area contributed by atoms with E-state index in [1.54, 1.807) is 13.8 Å². The molecular formula is C17H18N2O2. The van der Waals surface area contributed by atoms with Crippen LogP contribution in [0.15, 0.2) is 47.5 Å². The summed E-state index contributed by atoms with van der Waals surface area (Å²) in [5, 5.41) is 9.98. The normalized spacial score (nSPS) is 12.0. The zero-order valence-electron chi connectivity index (χ0n) is 12.3. The zero-order chi connectivity index (χ0) is 15.2. The number of benzene rings is 1. The van der Waals surface area contributed by atoms with Gasteiger partial charge in [0.1, 0.15) is 5.52 Å². The Kier molecular flexibility index (Phi) is 2.99. The molecule has 0 unspecified atom stereocenters. The second kappa shape index (κ2) is 4.60. The van der Waals surface area contributed by atoms with Crippen molar-refractivity contribution in [1.82, 2.24) is 9.38 Å². The average molecular weight is 282 g/mol. The lowest BCUT2D eigenvalue weighted by molar-refractivity contribution is 0.0786. The van der Waals surface area contributed by atoms with Gasteiger partial charge in [0, 0.05) is 12.4 Å². The lowest BCUT2D eigenvalue weighted by Crippen LogP contribution is -2.15. The molecule has 0 radical (unpaired) electrons. The number of hydrogen-bond donors (Lipinski definition) is 2. The van der Waals surface area contributed by atoms with Crippen LogP contribution in [0.2, 0.25) is 0 Å². The van der Waals surface area contributed by atoms with Gasteiger partial charge in [0.25, 0.3) is 5.56 Å². The molecule has 4 heteroatoms. The van der Waals surface area contributed by atoms with Gasteiger partial charge in [-0.1, -0.05) is 24.3 Å². The van der Waals surface area contributed by atoms with E-state index < -0.39 is 5.60 Å². The molecule has 4 nitrogen and oxygen atoms in total. The predicted molar refractivity (Wildman–Crippen MR) is 83.4 cm³/mol. The van der Waals surface area contributed by atoms with Crippen LogP contribution in [0.3, 0.4) is 0 Å². The largest absolute Gasteiger partial charge is 0.386 e. The number of aliphatic hydroxyl groups is 1. The van der Waals surface area contributed by atoms with Gasteiger partial charge in [-0.3, -0.25) is 4.79 Å². The number of aromatic nitrogens is 2. The van der Waals surface area contributed by atoms with E-state index in [1.807, 2.05) is 54.0 Å². The van der Waals surface area contributed by atoms with Gasteiger partial charge in [-0.05, 0) is 43.5 Å². The number of nitrogens with zero attached hydrogens (tertiary/aromatic N) is 1. The Bertz CT molecular complexity index is 849. The van der Waals surface area contributed by atoms with Crippen molar-refractivity contribution < 1.29 is 5.11 Å². The molecule has 2 heterocycles. The van der Waals surface area contributed by atoms with Crippen LogP contribution in [0, 0.1) is 6.92 Å². The number of fused-ring (bicyclic) bond motifs is 1. The average Bonchev–Trinajstić information content (AvgIpc) is 2.79. The van der Waals surface area contributed by atoms with E-state index in [1.165, 1.54) is 0 Å². The van der Waals surface area contributed by atoms with Crippen LogP contribution in [0.1, 0.15) is 25.0 Å². The molecule has 3 rings (SSSR count). The summed E-state index contributed by atoms with van der Waals surface area (Å²) in [4.78, 5) is 15.0. The minimum Gasteiger partial charge on any atom is -0.386 e. The van der Waals surface area contributed by atoms with Gasteiger partial charge in [-0.15, -0.1) is 0 Å². The van der Waals surface area contributed by atoms with Crippen LogP contribution in [-0.2, 0) is 5.60 Å². The van der Waals surface area contributed by atoms with Gasteiger partial charge < -0.3 is 14.5 Å². The van der Waals surface area contributed by atoms with Crippen molar-refractivity contribution in [2.75, 3.05) is 0 Å². The molecule has 2 N–H and O–H groups in total.